The van der Waals surface area contributed by atoms with Crippen LogP contribution < -0.4 is 4.74 Å². The van der Waals surface area contributed by atoms with Crippen LogP contribution in [0.15, 0.2) is 34.7 Å². The molecule has 0 spiro atoms. The first-order chi connectivity index (χ1) is 10.3. The van der Waals surface area contributed by atoms with E-state index in [9.17, 15) is 9.18 Å². The maximum absolute atomic E-state index is 14.1. The van der Waals surface area contributed by atoms with Crippen molar-refractivity contribution in [3.63, 3.8) is 0 Å². The van der Waals surface area contributed by atoms with Crippen molar-refractivity contribution < 1.29 is 18.3 Å². The average Bonchev–Trinajstić information content (AvgIpc) is 2.99. The molecule has 21 heavy (non-hydrogen) atoms. The van der Waals surface area contributed by atoms with Gasteiger partial charge in [0.2, 0.25) is 0 Å². The smallest absolute Gasteiger partial charge is 0.185 e. The molecule has 0 saturated heterocycles. The lowest BCUT2D eigenvalue weighted by atomic mass is 9.98. The fourth-order valence-corrected chi connectivity index (χ4v) is 2.68. The van der Waals surface area contributed by atoms with Crippen LogP contribution in [0.1, 0.15) is 42.7 Å². The van der Waals surface area contributed by atoms with Gasteiger partial charge in [0.15, 0.2) is 23.6 Å². The van der Waals surface area contributed by atoms with Crippen molar-refractivity contribution in [3.8, 4) is 17.1 Å². The molecule has 2 aromatic rings. The van der Waals surface area contributed by atoms with Crippen molar-refractivity contribution in [2.45, 2.75) is 38.2 Å². The Kier molecular flexibility index (Phi) is 4.04. The Hall–Kier alpha value is -2.10. The van der Waals surface area contributed by atoms with Crippen LogP contribution in [0.4, 0.5) is 4.39 Å². The number of ether oxygens (including phenoxy) is 1. The minimum atomic E-state index is -0.401. The molecule has 3 rings (SSSR count). The van der Waals surface area contributed by atoms with Gasteiger partial charge in [0.1, 0.15) is 5.76 Å². The summed E-state index contributed by atoms with van der Waals surface area (Å²) in [4.78, 5) is 10.6. The number of hydrogen-bond acceptors (Lipinski definition) is 3. The lowest BCUT2D eigenvalue weighted by molar-refractivity contribution is 0.110. The summed E-state index contributed by atoms with van der Waals surface area (Å²) in [6, 6.07) is 7.97. The van der Waals surface area contributed by atoms with E-state index in [-0.39, 0.29) is 17.6 Å². The summed E-state index contributed by atoms with van der Waals surface area (Å²) < 4.78 is 25.2. The second-order valence-electron chi connectivity index (χ2n) is 5.34. The fourth-order valence-electron chi connectivity index (χ4n) is 2.68. The summed E-state index contributed by atoms with van der Waals surface area (Å²) in [5.41, 5.74) is 0.594. The highest BCUT2D eigenvalue weighted by molar-refractivity contribution is 5.72. The first kappa shape index (κ1) is 13.9. The molecule has 1 aliphatic carbocycles. The highest BCUT2D eigenvalue weighted by Crippen LogP contribution is 2.29. The zero-order chi connectivity index (χ0) is 14.7. The van der Waals surface area contributed by atoms with Gasteiger partial charge in [-0.25, -0.2) is 4.39 Å². The lowest BCUT2D eigenvalue weighted by Gasteiger charge is -2.23. The average molecular weight is 288 g/mol. The Morgan fingerprint density at radius 2 is 1.95 bits per heavy atom. The van der Waals surface area contributed by atoms with E-state index in [0.29, 0.717) is 17.6 Å². The normalized spacial score (nSPS) is 15.9. The predicted octanol–water partition coefficient (Wildman–Crippen LogP) is 4.61. The SMILES string of the molecule is O=Cc1ccc(-c2ccc(OC3CCCCC3)c(F)c2)o1. The second-order valence-corrected chi connectivity index (χ2v) is 5.34. The van der Waals surface area contributed by atoms with E-state index in [0.717, 1.165) is 25.7 Å². The van der Waals surface area contributed by atoms with E-state index in [4.69, 9.17) is 9.15 Å². The predicted molar refractivity (Wildman–Crippen MR) is 77.0 cm³/mol. The van der Waals surface area contributed by atoms with E-state index < -0.39 is 5.82 Å². The molecule has 0 radical (unpaired) electrons. The highest BCUT2D eigenvalue weighted by Gasteiger charge is 2.17. The summed E-state index contributed by atoms with van der Waals surface area (Å²) in [5, 5.41) is 0. The summed E-state index contributed by atoms with van der Waals surface area (Å²) >= 11 is 0. The largest absolute Gasteiger partial charge is 0.487 e. The fraction of sp³-hybridized carbons (Fsp3) is 0.353. The monoisotopic (exact) mass is 288 g/mol. The molecular weight excluding hydrogens is 271 g/mol. The van der Waals surface area contributed by atoms with Crippen LogP contribution >= 0.6 is 0 Å². The lowest BCUT2D eigenvalue weighted by Crippen LogP contribution is -2.20. The molecule has 1 fully saturated rings. The third kappa shape index (κ3) is 3.15. The van der Waals surface area contributed by atoms with Crippen LogP contribution in [0.25, 0.3) is 11.3 Å². The van der Waals surface area contributed by atoms with Gasteiger partial charge in [0.05, 0.1) is 6.10 Å². The standard InChI is InChI=1S/C17H17FO3/c18-15-10-12(16-9-7-14(11-19)21-16)6-8-17(15)20-13-4-2-1-3-5-13/h6-11,13H,1-5H2. The van der Waals surface area contributed by atoms with E-state index in [2.05, 4.69) is 0 Å². The van der Waals surface area contributed by atoms with E-state index in [1.807, 2.05) is 0 Å². The minimum Gasteiger partial charge on any atom is -0.487 e. The van der Waals surface area contributed by atoms with Crippen molar-refractivity contribution in [3.05, 3.63) is 41.9 Å². The Morgan fingerprint density at radius 1 is 1.14 bits per heavy atom. The van der Waals surface area contributed by atoms with Gasteiger partial charge >= 0.3 is 0 Å². The zero-order valence-electron chi connectivity index (χ0n) is 11.7. The van der Waals surface area contributed by atoms with Crippen molar-refractivity contribution in [1.82, 2.24) is 0 Å². The molecule has 1 aromatic carbocycles. The molecule has 1 heterocycles. The number of furan rings is 1. The zero-order valence-corrected chi connectivity index (χ0v) is 11.7. The first-order valence-electron chi connectivity index (χ1n) is 7.28. The Morgan fingerprint density at radius 3 is 2.62 bits per heavy atom. The molecule has 4 heteroatoms. The number of rotatable bonds is 4. The number of halogens is 1. The van der Waals surface area contributed by atoms with Gasteiger partial charge in [-0.2, -0.15) is 0 Å². The van der Waals surface area contributed by atoms with Gasteiger partial charge in [0.25, 0.3) is 0 Å². The minimum absolute atomic E-state index is 0.115. The molecule has 110 valence electrons. The van der Waals surface area contributed by atoms with Crippen LogP contribution in [0.3, 0.4) is 0 Å². The third-order valence-corrected chi connectivity index (χ3v) is 3.81. The topological polar surface area (TPSA) is 39.4 Å². The van der Waals surface area contributed by atoms with Gasteiger partial charge in [-0.15, -0.1) is 0 Å². The van der Waals surface area contributed by atoms with Gasteiger partial charge in [-0.3, -0.25) is 4.79 Å². The van der Waals surface area contributed by atoms with Crippen LogP contribution in [-0.2, 0) is 0 Å². The van der Waals surface area contributed by atoms with E-state index in [1.54, 1.807) is 24.3 Å². The van der Waals surface area contributed by atoms with Gasteiger partial charge in [-0.05, 0) is 56.0 Å². The highest BCUT2D eigenvalue weighted by atomic mass is 19.1. The van der Waals surface area contributed by atoms with Crippen molar-refractivity contribution in [2.24, 2.45) is 0 Å². The number of carbonyl (C=O) groups is 1. The Labute approximate surface area is 122 Å². The Balaban J connectivity index is 1.77. The van der Waals surface area contributed by atoms with Crippen LogP contribution in [0.2, 0.25) is 0 Å². The number of hydrogen-bond donors (Lipinski definition) is 0. The van der Waals surface area contributed by atoms with Gasteiger partial charge in [-0.1, -0.05) is 6.42 Å². The number of carbonyl (C=O) groups excluding carboxylic acids is 1. The quantitative estimate of drug-likeness (QED) is 0.771. The van der Waals surface area contributed by atoms with Crippen molar-refractivity contribution >= 4 is 6.29 Å². The molecule has 0 bridgehead atoms. The molecule has 1 aromatic heterocycles. The number of benzene rings is 1. The van der Waals surface area contributed by atoms with E-state index >= 15 is 0 Å². The second kappa shape index (κ2) is 6.12. The third-order valence-electron chi connectivity index (χ3n) is 3.81. The molecule has 1 saturated carbocycles. The molecule has 0 unspecified atom stereocenters. The van der Waals surface area contributed by atoms with E-state index in [1.165, 1.54) is 12.5 Å². The maximum Gasteiger partial charge on any atom is 0.185 e. The molecule has 3 nitrogen and oxygen atoms in total. The van der Waals surface area contributed by atoms with Gasteiger partial charge in [0, 0.05) is 5.56 Å². The summed E-state index contributed by atoms with van der Waals surface area (Å²) in [6.07, 6.45) is 6.24. The van der Waals surface area contributed by atoms with Crippen LogP contribution in [0, 0.1) is 5.82 Å². The summed E-state index contributed by atoms with van der Waals surface area (Å²) in [7, 11) is 0. The van der Waals surface area contributed by atoms with Crippen LogP contribution in [-0.4, -0.2) is 12.4 Å². The maximum atomic E-state index is 14.1. The molecule has 0 amide bonds. The molecule has 0 atom stereocenters. The number of aldehydes is 1. The summed E-state index contributed by atoms with van der Waals surface area (Å²) in [6.45, 7) is 0. The van der Waals surface area contributed by atoms with Gasteiger partial charge < -0.3 is 9.15 Å². The van der Waals surface area contributed by atoms with Crippen LogP contribution in [0.5, 0.6) is 5.75 Å². The molecule has 1 aliphatic rings. The van der Waals surface area contributed by atoms with Crippen molar-refractivity contribution in [1.29, 1.82) is 0 Å². The first-order valence-corrected chi connectivity index (χ1v) is 7.28. The Bertz CT molecular complexity index is 627. The summed E-state index contributed by atoms with van der Waals surface area (Å²) in [5.74, 6) is 0.586. The molecule has 0 aliphatic heterocycles. The molecular formula is C17H17FO3. The van der Waals surface area contributed by atoms with Crippen molar-refractivity contribution in [2.75, 3.05) is 0 Å². The molecule has 0 N–H and O–H groups in total.